The number of hydrogen-bond donors (Lipinski definition) is 0. The first-order chi connectivity index (χ1) is 12.0. The third kappa shape index (κ3) is 4.47. The molecule has 2 rings (SSSR count). The lowest BCUT2D eigenvalue weighted by Crippen LogP contribution is -2.25. The number of benzene rings is 2. The number of carbonyl (C=O) groups excluding carboxylic acids is 2. The van der Waals surface area contributed by atoms with Gasteiger partial charge in [0.05, 0.1) is 10.6 Å². The molecule has 0 aliphatic heterocycles. The van der Waals surface area contributed by atoms with E-state index in [0.29, 0.717) is 17.7 Å². The Hall–Kier alpha value is -2.27. The molecule has 0 saturated heterocycles. The van der Waals surface area contributed by atoms with Crippen molar-refractivity contribution < 1.29 is 23.1 Å². The van der Waals surface area contributed by atoms with Gasteiger partial charge in [-0.05, 0) is 30.0 Å². The second kappa shape index (κ2) is 7.54. The van der Waals surface area contributed by atoms with Crippen LogP contribution in [0, 0.1) is 11.6 Å². The number of ketones is 1. The lowest BCUT2D eigenvalue weighted by Gasteiger charge is -2.19. The predicted molar refractivity (Wildman–Crippen MR) is 95.7 cm³/mol. The molecule has 6 heteroatoms. The topological polar surface area (TPSA) is 43.4 Å². The van der Waals surface area contributed by atoms with Crippen molar-refractivity contribution in [3.05, 3.63) is 69.7 Å². The third-order valence-electron chi connectivity index (χ3n) is 3.92. The molecule has 0 saturated carbocycles. The van der Waals surface area contributed by atoms with E-state index in [9.17, 15) is 18.4 Å². The first-order valence-corrected chi connectivity index (χ1v) is 8.39. The molecule has 2 aromatic carbocycles. The zero-order valence-corrected chi connectivity index (χ0v) is 15.7. The van der Waals surface area contributed by atoms with Gasteiger partial charge in [-0.3, -0.25) is 4.79 Å². The zero-order chi connectivity index (χ0) is 19.6. The number of Topliss-reactive ketones (excluding diaryl/α,β-unsaturated/α-hetero) is 1. The molecule has 3 nitrogen and oxygen atoms in total. The summed E-state index contributed by atoms with van der Waals surface area (Å²) >= 11 is 5.74. The van der Waals surface area contributed by atoms with Crippen molar-refractivity contribution in [3.63, 3.8) is 0 Å². The molecule has 0 heterocycles. The van der Waals surface area contributed by atoms with Crippen LogP contribution < -0.4 is 0 Å². The van der Waals surface area contributed by atoms with Crippen molar-refractivity contribution >= 4 is 23.4 Å². The Bertz CT molecular complexity index is 839. The van der Waals surface area contributed by atoms with Crippen LogP contribution in [0.2, 0.25) is 5.02 Å². The first kappa shape index (κ1) is 20.0. The van der Waals surface area contributed by atoms with Crippen molar-refractivity contribution in [2.75, 3.05) is 0 Å². The van der Waals surface area contributed by atoms with E-state index in [1.54, 1.807) is 12.1 Å². The van der Waals surface area contributed by atoms with Crippen molar-refractivity contribution in [1.82, 2.24) is 0 Å². The molecule has 0 aliphatic rings. The van der Waals surface area contributed by atoms with Crippen LogP contribution in [-0.4, -0.2) is 17.9 Å². The SMILES string of the molecule is C[C@@H](OC(=O)c1cc(F)c(F)cc1Cl)C(=O)c1ccc(C(C)(C)C)cc1. The fourth-order valence-corrected chi connectivity index (χ4v) is 2.55. The molecule has 0 bridgehead atoms. The van der Waals surface area contributed by atoms with Gasteiger partial charge in [-0.25, -0.2) is 13.6 Å². The maximum Gasteiger partial charge on any atom is 0.340 e. The average Bonchev–Trinajstić information content (AvgIpc) is 2.56. The number of carbonyl (C=O) groups is 2. The zero-order valence-electron chi connectivity index (χ0n) is 14.9. The van der Waals surface area contributed by atoms with Gasteiger partial charge in [-0.1, -0.05) is 56.6 Å². The Morgan fingerprint density at radius 3 is 2.12 bits per heavy atom. The van der Waals surface area contributed by atoms with Crippen LogP contribution in [0.1, 0.15) is 54.0 Å². The lowest BCUT2D eigenvalue weighted by molar-refractivity contribution is 0.0318. The van der Waals surface area contributed by atoms with Gasteiger partial charge in [-0.15, -0.1) is 0 Å². The minimum atomic E-state index is -1.22. The molecule has 0 radical (unpaired) electrons. The summed E-state index contributed by atoms with van der Waals surface area (Å²) in [5.74, 6) is -3.80. The van der Waals surface area contributed by atoms with E-state index in [1.807, 2.05) is 12.1 Å². The summed E-state index contributed by atoms with van der Waals surface area (Å²) in [7, 11) is 0. The molecule has 26 heavy (non-hydrogen) atoms. The van der Waals surface area contributed by atoms with Gasteiger partial charge in [0.15, 0.2) is 17.7 Å². The number of rotatable bonds is 4. The standard InChI is InChI=1S/C20H19ClF2O3/c1-11(18(24)12-5-7-13(8-6-12)20(2,3)4)26-19(25)14-9-16(22)17(23)10-15(14)21/h5-11H,1-4H3/t11-/m1/s1. The summed E-state index contributed by atoms with van der Waals surface area (Å²) in [5.41, 5.74) is 1.05. The summed E-state index contributed by atoms with van der Waals surface area (Å²) in [6.07, 6.45) is -1.10. The predicted octanol–water partition coefficient (Wildman–Crippen LogP) is 5.34. The van der Waals surface area contributed by atoms with E-state index in [0.717, 1.165) is 5.56 Å². The van der Waals surface area contributed by atoms with E-state index >= 15 is 0 Å². The maximum absolute atomic E-state index is 13.3. The third-order valence-corrected chi connectivity index (χ3v) is 4.23. The van der Waals surface area contributed by atoms with E-state index in [4.69, 9.17) is 16.3 Å². The Balaban J connectivity index is 2.14. The Morgan fingerprint density at radius 1 is 1.04 bits per heavy atom. The summed E-state index contributed by atoms with van der Waals surface area (Å²) in [6.45, 7) is 7.57. The Morgan fingerprint density at radius 2 is 1.58 bits per heavy atom. The van der Waals surface area contributed by atoms with Gasteiger partial charge in [-0.2, -0.15) is 0 Å². The van der Waals surface area contributed by atoms with Crippen molar-refractivity contribution in [3.8, 4) is 0 Å². The molecule has 0 aliphatic carbocycles. The van der Waals surface area contributed by atoms with Crippen LogP contribution in [0.3, 0.4) is 0 Å². The van der Waals surface area contributed by atoms with Crippen molar-refractivity contribution in [2.45, 2.75) is 39.2 Å². The minimum Gasteiger partial charge on any atom is -0.451 e. The second-order valence-electron chi connectivity index (χ2n) is 6.99. The van der Waals surface area contributed by atoms with Crippen LogP contribution in [0.4, 0.5) is 8.78 Å². The number of hydrogen-bond acceptors (Lipinski definition) is 3. The van der Waals surface area contributed by atoms with Crippen molar-refractivity contribution in [1.29, 1.82) is 0 Å². The molecule has 0 unspecified atom stereocenters. The highest BCUT2D eigenvalue weighted by Crippen LogP contribution is 2.24. The molecular weight excluding hydrogens is 362 g/mol. The maximum atomic E-state index is 13.3. The van der Waals surface area contributed by atoms with E-state index in [-0.39, 0.29) is 16.0 Å². The normalized spacial score (nSPS) is 12.6. The highest BCUT2D eigenvalue weighted by molar-refractivity contribution is 6.33. The molecule has 138 valence electrons. The summed E-state index contributed by atoms with van der Waals surface area (Å²) in [6, 6.07) is 8.35. The fraction of sp³-hybridized carbons (Fsp3) is 0.300. The summed E-state index contributed by atoms with van der Waals surface area (Å²) < 4.78 is 31.5. The smallest absolute Gasteiger partial charge is 0.340 e. The van der Waals surface area contributed by atoms with Gasteiger partial charge in [0.2, 0.25) is 5.78 Å². The van der Waals surface area contributed by atoms with E-state index < -0.39 is 29.5 Å². The number of esters is 1. The van der Waals surface area contributed by atoms with Gasteiger partial charge < -0.3 is 4.74 Å². The van der Waals surface area contributed by atoms with Crippen molar-refractivity contribution in [2.24, 2.45) is 0 Å². The van der Waals surface area contributed by atoms with Gasteiger partial charge in [0.1, 0.15) is 0 Å². The number of ether oxygens (including phenoxy) is 1. The fourth-order valence-electron chi connectivity index (χ4n) is 2.33. The molecule has 0 amide bonds. The number of halogens is 3. The summed E-state index contributed by atoms with van der Waals surface area (Å²) in [4.78, 5) is 24.5. The van der Waals surface area contributed by atoms with Crippen LogP contribution in [-0.2, 0) is 10.2 Å². The molecule has 0 fully saturated rings. The second-order valence-corrected chi connectivity index (χ2v) is 7.39. The van der Waals surface area contributed by atoms with E-state index in [1.165, 1.54) is 6.92 Å². The summed E-state index contributed by atoms with van der Waals surface area (Å²) in [5, 5.41) is -0.289. The van der Waals surface area contributed by atoms with E-state index in [2.05, 4.69) is 20.8 Å². The van der Waals surface area contributed by atoms with Crippen LogP contribution in [0.15, 0.2) is 36.4 Å². The molecular formula is C20H19ClF2O3. The first-order valence-electron chi connectivity index (χ1n) is 8.01. The highest BCUT2D eigenvalue weighted by Gasteiger charge is 2.23. The molecule has 0 N–H and O–H groups in total. The molecule has 2 aromatic rings. The van der Waals surface area contributed by atoms with Gasteiger partial charge in [0, 0.05) is 5.56 Å². The lowest BCUT2D eigenvalue weighted by atomic mass is 9.86. The van der Waals surface area contributed by atoms with Crippen LogP contribution >= 0.6 is 11.6 Å². The molecule has 1 atom stereocenters. The van der Waals surface area contributed by atoms with Crippen LogP contribution in [0.25, 0.3) is 0 Å². The largest absolute Gasteiger partial charge is 0.451 e. The molecule has 0 spiro atoms. The monoisotopic (exact) mass is 380 g/mol. The quantitative estimate of drug-likeness (QED) is 0.408. The van der Waals surface area contributed by atoms with Gasteiger partial charge in [0.25, 0.3) is 0 Å². The highest BCUT2D eigenvalue weighted by atomic mass is 35.5. The molecule has 0 aromatic heterocycles. The Labute approximate surface area is 155 Å². The average molecular weight is 381 g/mol. The van der Waals surface area contributed by atoms with Crippen LogP contribution in [0.5, 0.6) is 0 Å². The van der Waals surface area contributed by atoms with Gasteiger partial charge >= 0.3 is 5.97 Å². The Kier molecular flexibility index (Phi) is 5.81. The minimum absolute atomic E-state index is 0.0525.